The van der Waals surface area contributed by atoms with Crippen molar-refractivity contribution in [1.29, 1.82) is 0 Å². The number of rotatable bonds is 5. The van der Waals surface area contributed by atoms with Crippen molar-refractivity contribution in [3.8, 4) is 5.75 Å². The molecular weight excluding hydrogens is 408 g/mol. The van der Waals surface area contributed by atoms with Crippen LogP contribution in [0.25, 0.3) is 0 Å². The molecule has 0 radical (unpaired) electrons. The van der Waals surface area contributed by atoms with Crippen molar-refractivity contribution in [2.75, 3.05) is 0 Å². The Morgan fingerprint density at radius 3 is 2.59 bits per heavy atom. The lowest BCUT2D eigenvalue weighted by Gasteiger charge is -2.29. The average molecular weight is 429 g/mol. The van der Waals surface area contributed by atoms with Gasteiger partial charge in [0.2, 0.25) is 11.8 Å². The molecule has 140 valence electrons. The van der Waals surface area contributed by atoms with Crippen molar-refractivity contribution < 1.29 is 14.3 Å². The summed E-state index contributed by atoms with van der Waals surface area (Å²) in [5.41, 5.74) is 4.68. The Morgan fingerprint density at radius 1 is 1.07 bits per heavy atom. The molecule has 1 fully saturated rings. The standard InChI is InChI=1S/C21H21BrN2O3/c22-10-14-4-6-15(7-5-14)13-27-19-3-1-2-16-11-24(12-17(16)19)18-8-9-20(25)23-21(18)26/h1-7,18H,8-13H2,(H,23,25,26). The van der Waals surface area contributed by atoms with Crippen LogP contribution < -0.4 is 10.1 Å². The molecule has 0 aliphatic carbocycles. The summed E-state index contributed by atoms with van der Waals surface area (Å²) in [6, 6.07) is 14.2. The molecule has 0 bridgehead atoms. The van der Waals surface area contributed by atoms with E-state index >= 15 is 0 Å². The number of hydrogen-bond donors (Lipinski definition) is 1. The first-order valence-corrected chi connectivity index (χ1v) is 10.2. The van der Waals surface area contributed by atoms with Crippen molar-refractivity contribution in [2.45, 2.75) is 43.9 Å². The maximum atomic E-state index is 12.2. The largest absolute Gasteiger partial charge is 0.489 e. The molecular formula is C21H21BrN2O3. The van der Waals surface area contributed by atoms with Crippen LogP contribution in [0.4, 0.5) is 0 Å². The number of carbonyl (C=O) groups excluding carboxylic acids is 2. The van der Waals surface area contributed by atoms with Gasteiger partial charge >= 0.3 is 0 Å². The summed E-state index contributed by atoms with van der Waals surface area (Å²) in [5.74, 6) is 0.503. The van der Waals surface area contributed by atoms with Crippen LogP contribution in [0.5, 0.6) is 5.75 Å². The molecule has 2 amide bonds. The number of fused-ring (bicyclic) bond motifs is 1. The van der Waals surface area contributed by atoms with Crippen molar-refractivity contribution >= 4 is 27.7 Å². The summed E-state index contributed by atoms with van der Waals surface area (Å²) < 4.78 is 6.09. The van der Waals surface area contributed by atoms with Gasteiger partial charge in [-0.25, -0.2) is 0 Å². The maximum Gasteiger partial charge on any atom is 0.243 e. The van der Waals surface area contributed by atoms with E-state index in [0.717, 1.165) is 22.2 Å². The molecule has 27 heavy (non-hydrogen) atoms. The molecule has 2 aliphatic heterocycles. The lowest BCUT2D eigenvalue weighted by molar-refractivity contribution is -0.137. The zero-order valence-corrected chi connectivity index (χ0v) is 16.5. The number of ether oxygens (including phenoxy) is 1. The zero-order chi connectivity index (χ0) is 18.8. The molecule has 2 aliphatic rings. The van der Waals surface area contributed by atoms with Crippen molar-refractivity contribution in [3.05, 3.63) is 64.7 Å². The quantitative estimate of drug-likeness (QED) is 0.586. The summed E-state index contributed by atoms with van der Waals surface area (Å²) in [5, 5.41) is 3.29. The molecule has 0 saturated carbocycles. The number of halogens is 1. The van der Waals surface area contributed by atoms with Crippen LogP contribution in [0, 0.1) is 0 Å². The van der Waals surface area contributed by atoms with E-state index in [-0.39, 0.29) is 17.9 Å². The number of carbonyl (C=O) groups is 2. The van der Waals surface area contributed by atoms with Gasteiger partial charge in [0.15, 0.2) is 0 Å². The van der Waals surface area contributed by atoms with Crippen LogP contribution in [0.3, 0.4) is 0 Å². The van der Waals surface area contributed by atoms with Gasteiger partial charge in [-0.2, -0.15) is 0 Å². The van der Waals surface area contributed by atoms with Gasteiger partial charge in [-0.1, -0.05) is 52.3 Å². The summed E-state index contributed by atoms with van der Waals surface area (Å²) in [6.07, 6.45) is 0.978. The Balaban J connectivity index is 1.45. The first-order chi connectivity index (χ1) is 13.1. The molecule has 0 aromatic heterocycles. The molecule has 1 saturated heterocycles. The summed E-state index contributed by atoms with van der Waals surface area (Å²) in [6.45, 7) is 1.89. The van der Waals surface area contributed by atoms with Crippen LogP contribution in [0.1, 0.15) is 35.1 Å². The molecule has 5 nitrogen and oxygen atoms in total. The second-order valence-electron chi connectivity index (χ2n) is 7.00. The van der Waals surface area contributed by atoms with E-state index in [1.165, 1.54) is 11.1 Å². The van der Waals surface area contributed by atoms with Crippen LogP contribution in [0.2, 0.25) is 0 Å². The lowest BCUT2D eigenvalue weighted by atomic mass is 10.0. The van der Waals surface area contributed by atoms with E-state index in [0.29, 0.717) is 32.5 Å². The maximum absolute atomic E-state index is 12.2. The fourth-order valence-corrected chi connectivity index (χ4v) is 4.06. The SMILES string of the molecule is O=C1CCC(N2Cc3cccc(OCc4ccc(CBr)cc4)c3C2)C(=O)N1. The smallest absolute Gasteiger partial charge is 0.243 e. The molecule has 2 aromatic rings. The Hall–Kier alpha value is -2.18. The highest BCUT2D eigenvalue weighted by Crippen LogP contribution is 2.33. The van der Waals surface area contributed by atoms with E-state index in [9.17, 15) is 9.59 Å². The Kier molecular flexibility index (Phi) is 5.27. The molecule has 1 unspecified atom stereocenters. The van der Waals surface area contributed by atoms with Crippen LogP contribution in [0.15, 0.2) is 42.5 Å². The second-order valence-corrected chi connectivity index (χ2v) is 7.57. The third kappa shape index (κ3) is 3.92. The van der Waals surface area contributed by atoms with Gasteiger partial charge in [0, 0.05) is 30.4 Å². The number of amides is 2. The normalized spacial score (nSPS) is 19.7. The van der Waals surface area contributed by atoms with Gasteiger partial charge in [0.05, 0.1) is 6.04 Å². The number of imide groups is 1. The molecule has 1 N–H and O–H groups in total. The Bertz CT molecular complexity index is 866. The van der Waals surface area contributed by atoms with Gasteiger partial charge < -0.3 is 4.74 Å². The predicted octanol–water partition coefficient (Wildman–Crippen LogP) is 3.28. The van der Waals surface area contributed by atoms with E-state index in [4.69, 9.17) is 4.74 Å². The van der Waals surface area contributed by atoms with Gasteiger partial charge in [0.25, 0.3) is 0 Å². The van der Waals surface area contributed by atoms with Gasteiger partial charge in [-0.05, 0) is 29.2 Å². The van der Waals surface area contributed by atoms with E-state index in [1.807, 2.05) is 12.1 Å². The number of alkyl halides is 1. The number of benzene rings is 2. The van der Waals surface area contributed by atoms with Crippen molar-refractivity contribution in [3.63, 3.8) is 0 Å². The van der Waals surface area contributed by atoms with Crippen LogP contribution >= 0.6 is 15.9 Å². The number of piperidine rings is 1. The first-order valence-electron chi connectivity index (χ1n) is 9.09. The molecule has 2 heterocycles. The van der Waals surface area contributed by atoms with Crippen LogP contribution in [-0.4, -0.2) is 22.8 Å². The molecule has 2 aromatic carbocycles. The third-order valence-electron chi connectivity index (χ3n) is 5.19. The lowest BCUT2D eigenvalue weighted by Crippen LogP contribution is -2.50. The first kappa shape index (κ1) is 18.2. The summed E-state index contributed by atoms with van der Waals surface area (Å²) >= 11 is 3.45. The number of nitrogens with one attached hydrogen (secondary N) is 1. The molecule has 0 spiro atoms. The Morgan fingerprint density at radius 2 is 1.85 bits per heavy atom. The zero-order valence-electron chi connectivity index (χ0n) is 14.9. The minimum atomic E-state index is -0.250. The fourth-order valence-electron chi connectivity index (χ4n) is 3.69. The minimum Gasteiger partial charge on any atom is -0.489 e. The van der Waals surface area contributed by atoms with E-state index < -0.39 is 0 Å². The summed E-state index contributed by atoms with van der Waals surface area (Å²) in [4.78, 5) is 25.7. The summed E-state index contributed by atoms with van der Waals surface area (Å²) in [7, 11) is 0. The highest BCUT2D eigenvalue weighted by Gasteiger charge is 2.35. The predicted molar refractivity (Wildman–Crippen MR) is 105 cm³/mol. The van der Waals surface area contributed by atoms with E-state index in [2.05, 4.69) is 56.5 Å². The topological polar surface area (TPSA) is 58.6 Å². The highest BCUT2D eigenvalue weighted by atomic mass is 79.9. The number of nitrogens with zero attached hydrogens (tertiary/aromatic N) is 1. The van der Waals surface area contributed by atoms with E-state index in [1.54, 1.807) is 0 Å². The van der Waals surface area contributed by atoms with Crippen LogP contribution in [-0.2, 0) is 34.6 Å². The molecule has 1 atom stereocenters. The van der Waals surface area contributed by atoms with Crippen molar-refractivity contribution in [2.24, 2.45) is 0 Å². The fraction of sp³-hybridized carbons (Fsp3) is 0.333. The van der Waals surface area contributed by atoms with Gasteiger partial charge in [-0.3, -0.25) is 19.8 Å². The number of hydrogen-bond acceptors (Lipinski definition) is 4. The molecule has 4 rings (SSSR count). The van der Waals surface area contributed by atoms with Crippen molar-refractivity contribution in [1.82, 2.24) is 10.2 Å². The monoisotopic (exact) mass is 428 g/mol. The second kappa shape index (κ2) is 7.82. The van der Waals surface area contributed by atoms with Gasteiger partial charge in [-0.15, -0.1) is 0 Å². The average Bonchev–Trinajstić information content (AvgIpc) is 3.11. The van der Waals surface area contributed by atoms with Gasteiger partial charge in [0.1, 0.15) is 12.4 Å². The third-order valence-corrected chi connectivity index (χ3v) is 5.83. The Labute approximate surface area is 166 Å². The minimum absolute atomic E-state index is 0.178. The highest BCUT2D eigenvalue weighted by molar-refractivity contribution is 9.08. The molecule has 6 heteroatoms.